The topological polar surface area (TPSA) is 72.6 Å². The number of hydrogen-bond acceptors (Lipinski definition) is 6. The first-order chi connectivity index (χ1) is 15.1. The maximum absolute atomic E-state index is 12.5. The van der Waals surface area contributed by atoms with E-state index in [2.05, 4.69) is 23.2 Å². The minimum atomic E-state index is -0.422. The van der Waals surface area contributed by atoms with Crippen LogP contribution in [0.2, 0.25) is 0 Å². The van der Waals surface area contributed by atoms with E-state index in [9.17, 15) is 14.9 Å². The van der Waals surface area contributed by atoms with Crippen molar-refractivity contribution in [3.8, 4) is 10.4 Å². The number of benzene rings is 2. The fourth-order valence-corrected chi connectivity index (χ4v) is 4.42. The van der Waals surface area contributed by atoms with Crippen LogP contribution in [0.15, 0.2) is 89.9 Å². The van der Waals surface area contributed by atoms with Crippen LogP contribution in [0.25, 0.3) is 16.5 Å². The summed E-state index contributed by atoms with van der Waals surface area (Å²) in [5.41, 5.74) is 2.40. The van der Waals surface area contributed by atoms with Gasteiger partial charge in [0.25, 0.3) is 0 Å². The Kier molecular flexibility index (Phi) is 6.26. The Labute approximate surface area is 186 Å². The second-order valence-corrected chi connectivity index (χ2v) is 8.71. The van der Waals surface area contributed by atoms with Crippen molar-refractivity contribution in [2.45, 2.75) is 0 Å². The molecule has 5 nitrogen and oxygen atoms in total. The third kappa shape index (κ3) is 5.28. The van der Waals surface area contributed by atoms with Crippen LogP contribution in [0, 0.1) is 10.1 Å². The van der Waals surface area contributed by atoms with Gasteiger partial charge in [0.05, 0.1) is 15.5 Å². The molecule has 0 saturated heterocycles. The summed E-state index contributed by atoms with van der Waals surface area (Å²) in [5.74, 6) is -0.0842. The summed E-state index contributed by atoms with van der Waals surface area (Å²) >= 11 is 2.70. The Morgan fingerprint density at radius 1 is 0.871 bits per heavy atom. The molecule has 0 spiro atoms. The van der Waals surface area contributed by atoms with Gasteiger partial charge >= 0.3 is 5.00 Å². The molecule has 7 heteroatoms. The van der Waals surface area contributed by atoms with Crippen molar-refractivity contribution in [1.82, 2.24) is 0 Å². The Morgan fingerprint density at radius 2 is 1.61 bits per heavy atom. The van der Waals surface area contributed by atoms with Crippen LogP contribution in [0.5, 0.6) is 0 Å². The zero-order valence-corrected chi connectivity index (χ0v) is 17.8. The summed E-state index contributed by atoms with van der Waals surface area (Å²) in [6, 6.07) is 24.2. The number of carbonyl (C=O) groups is 1. The van der Waals surface area contributed by atoms with Gasteiger partial charge in [0, 0.05) is 27.6 Å². The standard InChI is InChI=1S/C24H16N2O3S2/c27-22(13-10-20-11-14-23(30-20)18-4-2-1-3-5-18)17-6-8-19(9-7-17)25-16-21-12-15-24(31-21)26(28)29/h1-16H. The van der Waals surface area contributed by atoms with Gasteiger partial charge in [-0.3, -0.25) is 19.9 Å². The summed E-state index contributed by atoms with van der Waals surface area (Å²) in [6.45, 7) is 0. The van der Waals surface area contributed by atoms with Crippen LogP contribution in [-0.4, -0.2) is 16.9 Å². The zero-order valence-electron chi connectivity index (χ0n) is 16.2. The van der Waals surface area contributed by atoms with Crippen LogP contribution >= 0.6 is 22.7 Å². The van der Waals surface area contributed by atoms with E-state index in [-0.39, 0.29) is 10.8 Å². The number of rotatable bonds is 7. The summed E-state index contributed by atoms with van der Waals surface area (Å²) in [4.78, 5) is 30.0. The van der Waals surface area contributed by atoms with Crippen LogP contribution in [-0.2, 0) is 0 Å². The molecule has 2 aromatic heterocycles. The highest BCUT2D eigenvalue weighted by Crippen LogP contribution is 2.28. The van der Waals surface area contributed by atoms with Crippen molar-refractivity contribution in [3.05, 3.63) is 110 Å². The van der Waals surface area contributed by atoms with Crippen LogP contribution in [0.3, 0.4) is 0 Å². The van der Waals surface area contributed by atoms with E-state index in [1.54, 1.807) is 54.0 Å². The number of allylic oxidation sites excluding steroid dienone is 1. The molecule has 2 aromatic carbocycles. The van der Waals surface area contributed by atoms with Crippen LogP contribution < -0.4 is 0 Å². The predicted octanol–water partition coefficient (Wildman–Crippen LogP) is 7.03. The van der Waals surface area contributed by atoms with E-state index in [0.29, 0.717) is 16.1 Å². The van der Waals surface area contributed by atoms with E-state index < -0.39 is 4.92 Å². The van der Waals surface area contributed by atoms with E-state index in [0.717, 1.165) is 26.7 Å². The highest BCUT2D eigenvalue weighted by Gasteiger charge is 2.08. The van der Waals surface area contributed by atoms with E-state index in [4.69, 9.17) is 0 Å². The Morgan fingerprint density at radius 3 is 2.32 bits per heavy atom. The first-order valence-corrected chi connectivity index (χ1v) is 11.0. The molecule has 0 fully saturated rings. The Balaban J connectivity index is 1.39. The maximum atomic E-state index is 12.5. The van der Waals surface area contributed by atoms with Gasteiger partial charge in [-0.15, -0.1) is 11.3 Å². The molecule has 0 unspecified atom stereocenters. The molecule has 0 aliphatic rings. The van der Waals surface area contributed by atoms with Gasteiger partial charge in [-0.25, -0.2) is 0 Å². The Bertz CT molecular complexity index is 1270. The maximum Gasteiger partial charge on any atom is 0.324 e. The fraction of sp³-hybridized carbons (Fsp3) is 0. The molecular formula is C24H16N2O3S2. The molecule has 0 aliphatic carbocycles. The Hall–Kier alpha value is -3.68. The molecule has 4 aromatic rings. The molecular weight excluding hydrogens is 428 g/mol. The molecule has 0 atom stereocenters. The molecule has 4 rings (SSSR count). The quantitative estimate of drug-likeness (QED) is 0.101. The van der Waals surface area contributed by atoms with Gasteiger partial charge in [0.2, 0.25) is 0 Å². The van der Waals surface area contributed by atoms with Crippen LogP contribution in [0.1, 0.15) is 20.1 Å². The second kappa shape index (κ2) is 9.42. The number of hydrogen-bond donors (Lipinski definition) is 0. The number of aliphatic imine (C=N–C) groups is 1. The number of nitro groups is 1. The zero-order chi connectivity index (χ0) is 21.6. The van der Waals surface area contributed by atoms with Crippen molar-refractivity contribution in [1.29, 1.82) is 0 Å². The lowest BCUT2D eigenvalue weighted by molar-refractivity contribution is -0.380. The SMILES string of the molecule is O=C(C=Cc1ccc(-c2ccccc2)s1)c1ccc(N=Cc2ccc([N+](=O)[O-])s2)cc1. The molecule has 2 heterocycles. The predicted molar refractivity (Wildman–Crippen MR) is 128 cm³/mol. The summed E-state index contributed by atoms with van der Waals surface area (Å²) in [7, 11) is 0. The summed E-state index contributed by atoms with van der Waals surface area (Å²) in [6.07, 6.45) is 4.98. The van der Waals surface area contributed by atoms with E-state index in [1.165, 1.54) is 6.07 Å². The average Bonchev–Trinajstić information content (AvgIpc) is 3.47. The summed E-state index contributed by atoms with van der Waals surface area (Å²) in [5, 5.41) is 10.8. The van der Waals surface area contributed by atoms with E-state index in [1.807, 2.05) is 30.3 Å². The molecule has 31 heavy (non-hydrogen) atoms. The van der Waals surface area contributed by atoms with Crippen molar-refractivity contribution in [2.24, 2.45) is 4.99 Å². The molecule has 0 radical (unpaired) electrons. The van der Waals surface area contributed by atoms with Crippen LogP contribution in [0.4, 0.5) is 10.7 Å². The molecule has 0 bridgehead atoms. The molecule has 152 valence electrons. The lowest BCUT2D eigenvalue weighted by atomic mass is 10.1. The minimum Gasteiger partial charge on any atom is -0.289 e. The number of ketones is 1. The number of carbonyl (C=O) groups excluding carboxylic acids is 1. The van der Waals surface area contributed by atoms with Crippen molar-refractivity contribution in [3.63, 3.8) is 0 Å². The largest absolute Gasteiger partial charge is 0.324 e. The highest BCUT2D eigenvalue weighted by atomic mass is 32.1. The first kappa shape index (κ1) is 20.6. The lowest BCUT2D eigenvalue weighted by Crippen LogP contribution is -1.92. The van der Waals surface area contributed by atoms with Gasteiger partial charge in [-0.2, -0.15) is 0 Å². The third-order valence-electron chi connectivity index (χ3n) is 4.37. The monoisotopic (exact) mass is 444 g/mol. The highest BCUT2D eigenvalue weighted by molar-refractivity contribution is 7.17. The molecule has 0 saturated carbocycles. The average molecular weight is 445 g/mol. The summed E-state index contributed by atoms with van der Waals surface area (Å²) < 4.78 is 0. The van der Waals surface area contributed by atoms with Gasteiger partial charge in [-0.1, -0.05) is 41.7 Å². The normalized spacial score (nSPS) is 11.4. The van der Waals surface area contributed by atoms with Gasteiger partial charge in [0.15, 0.2) is 5.78 Å². The minimum absolute atomic E-state index is 0.0795. The van der Waals surface area contributed by atoms with Crippen molar-refractivity contribution < 1.29 is 9.72 Å². The molecule has 0 amide bonds. The molecule has 0 aliphatic heterocycles. The first-order valence-electron chi connectivity index (χ1n) is 9.34. The van der Waals surface area contributed by atoms with Crippen molar-refractivity contribution in [2.75, 3.05) is 0 Å². The van der Waals surface area contributed by atoms with Gasteiger partial charge in [0.1, 0.15) is 0 Å². The number of nitrogens with zero attached hydrogens (tertiary/aromatic N) is 2. The molecule has 0 N–H and O–H groups in total. The lowest BCUT2D eigenvalue weighted by Gasteiger charge is -1.97. The van der Waals surface area contributed by atoms with Crippen molar-refractivity contribution >= 4 is 51.4 Å². The smallest absolute Gasteiger partial charge is 0.289 e. The number of thiophene rings is 2. The van der Waals surface area contributed by atoms with Gasteiger partial charge < -0.3 is 0 Å². The van der Waals surface area contributed by atoms with Gasteiger partial charge in [-0.05, 0) is 60.2 Å². The van der Waals surface area contributed by atoms with E-state index >= 15 is 0 Å². The fourth-order valence-electron chi connectivity index (χ4n) is 2.81. The second-order valence-electron chi connectivity index (χ2n) is 6.50. The third-order valence-corrected chi connectivity index (χ3v) is 6.44.